The molecule has 0 aliphatic carbocycles. The molecule has 94 valence electrons. The third-order valence-electron chi connectivity index (χ3n) is 3.67. The molecule has 0 spiro atoms. The lowest BCUT2D eigenvalue weighted by molar-refractivity contribution is 0.519. The Bertz CT molecular complexity index is 353. The minimum Gasteiger partial charge on any atom is -0.371 e. The van der Waals surface area contributed by atoms with Crippen LogP contribution in [0.4, 0.5) is 5.69 Å². The number of nitrogens with zero attached hydrogens (tertiary/aromatic N) is 1. The van der Waals surface area contributed by atoms with E-state index in [1.54, 1.807) is 0 Å². The van der Waals surface area contributed by atoms with E-state index in [9.17, 15) is 0 Å². The molecule has 2 N–H and O–H groups in total. The maximum atomic E-state index is 5.58. The average molecular weight is 232 g/mol. The molecule has 1 atom stereocenters. The summed E-state index contributed by atoms with van der Waals surface area (Å²) >= 11 is 0. The van der Waals surface area contributed by atoms with Gasteiger partial charge in [-0.1, -0.05) is 6.07 Å². The zero-order valence-corrected chi connectivity index (χ0v) is 11.1. The lowest BCUT2D eigenvalue weighted by Gasteiger charge is -2.20. The van der Waals surface area contributed by atoms with E-state index in [1.807, 2.05) is 0 Å². The topological polar surface area (TPSA) is 29.3 Å². The van der Waals surface area contributed by atoms with Gasteiger partial charge in [0, 0.05) is 18.8 Å². The number of aryl methyl sites for hydroxylation is 2. The Morgan fingerprint density at radius 2 is 1.94 bits per heavy atom. The average Bonchev–Trinajstić information content (AvgIpc) is 2.73. The van der Waals surface area contributed by atoms with Gasteiger partial charge in [-0.05, 0) is 68.8 Å². The number of benzene rings is 1. The summed E-state index contributed by atoms with van der Waals surface area (Å²) in [5, 5.41) is 0. The zero-order chi connectivity index (χ0) is 12.3. The van der Waals surface area contributed by atoms with Crippen molar-refractivity contribution in [2.75, 3.05) is 24.5 Å². The van der Waals surface area contributed by atoms with Gasteiger partial charge in [0.25, 0.3) is 0 Å². The van der Waals surface area contributed by atoms with Crippen LogP contribution in [0, 0.1) is 19.8 Å². The Morgan fingerprint density at radius 3 is 2.59 bits per heavy atom. The quantitative estimate of drug-likeness (QED) is 0.865. The van der Waals surface area contributed by atoms with Crippen molar-refractivity contribution in [3.63, 3.8) is 0 Å². The Kier molecular flexibility index (Phi) is 4.06. The highest BCUT2D eigenvalue weighted by Gasteiger charge is 2.22. The van der Waals surface area contributed by atoms with Gasteiger partial charge >= 0.3 is 0 Å². The van der Waals surface area contributed by atoms with Crippen molar-refractivity contribution in [1.29, 1.82) is 0 Å². The number of anilines is 1. The van der Waals surface area contributed by atoms with Crippen LogP contribution in [0.25, 0.3) is 0 Å². The molecule has 1 aromatic carbocycles. The number of nitrogens with two attached hydrogens (primary N) is 1. The fraction of sp³-hybridized carbons (Fsp3) is 0.600. The van der Waals surface area contributed by atoms with Gasteiger partial charge in [-0.25, -0.2) is 0 Å². The minimum atomic E-state index is 0.833. The molecule has 1 fully saturated rings. The second-order valence-corrected chi connectivity index (χ2v) is 5.38. The van der Waals surface area contributed by atoms with Crippen molar-refractivity contribution >= 4 is 5.69 Å². The minimum absolute atomic E-state index is 0.833. The molecule has 0 radical (unpaired) electrons. The van der Waals surface area contributed by atoms with E-state index in [2.05, 4.69) is 36.9 Å². The molecule has 0 bridgehead atoms. The van der Waals surface area contributed by atoms with Gasteiger partial charge < -0.3 is 10.6 Å². The molecule has 1 unspecified atom stereocenters. The molecular weight excluding hydrogens is 208 g/mol. The summed E-state index contributed by atoms with van der Waals surface area (Å²) < 4.78 is 0. The van der Waals surface area contributed by atoms with Crippen LogP contribution in [-0.2, 0) is 0 Å². The van der Waals surface area contributed by atoms with E-state index in [4.69, 9.17) is 5.73 Å². The third-order valence-corrected chi connectivity index (χ3v) is 3.67. The molecule has 1 aliphatic rings. The zero-order valence-electron chi connectivity index (χ0n) is 11.1. The van der Waals surface area contributed by atoms with Crippen LogP contribution in [0.2, 0.25) is 0 Å². The highest BCUT2D eigenvalue weighted by Crippen LogP contribution is 2.27. The summed E-state index contributed by atoms with van der Waals surface area (Å²) in [6, 6.07) is 6.85. The highest BCUT2D eigenvalue weighted by molar-refractivity contribution is 5.51. The van der Waals surface area contributed by atoms with Crippen LogP contribution in [0.3, 0.4) is 0 Å². The molecule has 1 heterocycles. The second kappa shape index (κ2) is 5.54. The van der Waals surface area contributed by atoms with Crippen LogP contribution in [-0.4, -0.2) is 19.6 Å². The molecule has 2 nitrogen and oxygen atoms in total. The van der Waals surface area contributed by atoms with E-state index < -0.39 is 0 Å². The van der Waals surface area contributed by atoms with Crippen LogP contribution in [0.15, 0.2) is 18.2 Å². The standard InChI is InChI=1S/C15H24N2/c1-12-8-13(2)10-15(9-12)17-7-5-14(11-17)4-3-6-16/h8-10,14H,3-7,11,16H2,1-2H3. The first-order valence-corrected chi connectivity index (χ1v) is 6.72. The van der Waals surface area contributed by atoms with E-state index in [0.29, 0.717) is 0 Å². The normalized spacial score (nSPS) is 19.9. The number of hydrogen-bond acceptors (Lipinski definition) is 2. The SMILES string of the molecule is Cc1cc(C)cc(N2CCC(CCCN)C2)c1. The molecule has 17 heavy (non-hydrogen) atoms. The fourth-order valence-electron chi connectivity index (χ4n) is 2.84. The summed E-state index contributed by atoms with van der Waals surface area (Å²) in [6.45, 7) is 7.61. The second-order valence-electron chi connectivity index (χ2n) is 5.38. The van der Waals surface area contributed by atoms with Crippen LogP contribution >= 0.6 is 0 Å². The maximum Gasteiger partial charge on any atom is 0.0371 e. The highest BCUT2D eigenvalue weighted by atomic mass is 15.1. The maximum absolute atomic E-state index is 5.58. The van der Waals surface area contributed by atoms with E-state index in [1.165, 1.54) is 49.2 Å². The smallest absolute Gasteiger partial charge is 0.0371 e. The van der Waals surface area contributed by atoms with Crippen molar-refractivity contribution in [3.8, 4) is 0 Å². The lowest BCUT2D eigenvalue weighted by atomic mass is 10.0. The van der Waals surface area contributed by atoms with E-state index >= 15 is 0 Å². The molecule has 0 aromatic heterocycles. The molecule has 0 amide bonds. The van der Waals surface area contributed by atoms with Crippen LogP contribution < -0.4 is 10.6 Å². The van der Waals surface area contributed by atoms with Crippen molar-refractivity contribution in [2.24, 2.45) is 11.7 Å². The molecule has 0 saturated carbocycles. The lowest BCUT2D eigenvalue weighted by Crippen LogP contribution is -2.20. The van der Waals surface area contributed by atoms with Crippen LogP contribution in [0.1, 0.15) is 30.4 Å². The largest absolute Gasteiger partial charge is 0.371 e. The molecule has 2 rings (SSSR count). The van der Waals surface area contributed by atoms with Crippen molar-refractivity contribution < 1.29 is 0 Å². The van der Waals surface area contributed by atoms with Crippen LogP contribution in [0.5, 0.6) is 0 Å². The Hall–Kier alpha value is -1.02. The monoisotopic (exact) mass is 232 g/mol. The fourth-order valence-corrected chi connectivity index (χ4v) is 2.84. The summed E-state index contributed by atoms with van der Waals surface area (Å²) in [5.74, 6) is 0.847. The molecule has 2 heteroatoms. The summed E-state index contributed by atoms with van der Waals surface area (Å²) in [7, 11) is 0. The predicted molar refractivity (Wildman–Crippen MR) is 74.5 cm³/mol. The van der Waals surface area contributed by atoms with Crippen molar-refractivity contribution in [3.05, 3.63) is 29.3 Å². The molecular formula is C15H24N2. The van der Waals surface area contributed by atoms with Crippen molar-refractivity contribution in [2.45, 2.75) is 33.1 Å². The summed E-state index contributed by atoms with van der Waals surface area (Å²) in [5.41, 5.74) is 9.71. The summed E-state index contributed by atoms with van der Waals surface area (Å²) in [6.07, 6.45) is 3.79. The van der Waals surface area contributed by atoms with Gasteiger partial charge in [0.15, 0.2) is 0 Å². The Labute approximate surface area is 105 Å². The summed E-state index contributed by atoms with van der Waals surface area (Å²) in [4.78, 5) is 2.53. The van der Waals surface area contributed by atoms with Gasteiger partial charge in [0.05, 0.1) is 0 Å². The molecule has 1 aliphatic heterocycles. The number of hydrogen-bond donors (Lipinski definition) is 1. The Morgan fingerprint density at radius 1 is 1.24 bits per heavy atom. The predicted octanol–water partition coefficient (Wildman–Crippen LogP) is 2.87. The first kappa shape index (κ1) is 12.4. The molecule has 1 aromatic rings. The van der Waals surface area contributed by atoms with Gasteiger partial charge in [-0.2, -0.15) is 0 Å². The van der Waals surface area contributed by atoms with E-state index in [-0.39, 0.29) is 0 Å². The Balaban J connectivity index is 1.99. The molecule has 1 saturated heterocycles. The van der Waals surface area contributed by atoms with Gasteiger partial charge in [-0.3, -0.25) is 0 Å². The first-order chi connectivity index (χ1) is 8.19. The van der Waals surface area contributed by atoms with Gasteiger partial charge in [0.1, 0.15) is 0 Å². The van der Waals surface area contributed by atoms with Crippen molar-refractivity contribution in [1.82, 2.24) is 0 Å². The van der Waals surface area contributed by atoms with E-state index in [0.717, 1.165) is 12.5 Å². The van der Waals surface area contributed by atoms with Gasteiger partial charge in [0.2, 0.25) is 0 Å². The first-order valence-electron chi connectivity index (χ1n) is 6.72. The third kappa shape index (κ3) is 3.22. The van der Waals surface area contributed by atoms with Gasteiger partial charge in [-0.15, -0.1) is 0 Å². The number of rotatable bonds is 4.